The molecule has 50 heavy (non-hydrogen) atoms. The Bertz CT molecular complexity index is 2760. The summed E-state index contributed by atoms with van der Waals surface area (Å²) in [4.78, 5) is 10.1. The first-order chi connectivity index (χ1) is 24.8. The van der Waals surface area contributed by atoms with E-state index in [1.807, 2.05) is 18.2 Å². The predicted molar refractivity (Wildman–Crippen MR) is 203 cm³/mol. The van der Waals surface area contributed by atoms with Crippen LogP contribution >= 0.6 is 0 Å². The molecule has 3 heterocycles. The molecule has 6 aromatic carbocycles. The van der Waals surface area contributed by atoms with Crippen LogP contribution in [0.1, 0.15) is 22.3 Å². The monoisotopic (exact) mass is 635 g/mol. The fourth-order valence-corrected chi connectivity index (χ4v) is 8.74. The Morgan fingerprint density at radius 1 is 0.420 bits per heavy atom. The van der Waals surface area contributed by atoms with Crippen LogP contribution in [0.15, 0.2) is 176 Å². The lowest BCUT2D eigenvalue weighted by molar-refractivity contribution is 0.794. The Hall–Kier alpha value is -6.58. The molecule has 0 fully saturated rings. The smallest absolute Gasteiger partial charge is 0.138 e. The maximum absolute atomic E-state index is 5.08. The van der Waals surface area contributed by atoms with Crippen LogP contribution in [0.3, 0.4) is 0 Å². The third-order valence-electron chi connectivity index (χ3n) is 10.9. The number of rotatable bonds is 3. The van der Waals surface area contributed by atoms with Gasteiger partial charge in [0.1, 0.15) is 11.3 Å². The van der Waals surface area contributed by atoms with Gasteiger partial charge in [-0.3, -0.25) is 4.40 Å². The van der Waals surface area contributed by atoms with E-state index in [1.54, 1.807) is 0 Å². The Morgan fingerprint density at radius 2 is 1.00 bits per heavy atom. The summed E-state index contributed by atoms with van der Waals surface area (Å²) in [6.07, 6.45) is 2.09. The molecule has 0 unspecified atom stereocenters. The first-order valence-electron chi connectivity index (χ1n) is 17.2. The molecule has 0 saturated heterocycles. The van der Waals surface area contributed by atoms with Crippen molar-refractivity contribution in [3.63, 3.8) is 0 Å². The van der Waals surface area contributed by atoms with E-state index < -0.39 is 0 Å². The zero-order chi connectivity index (χ0) is 32.8. The molecule has 3 nitrogen and oxygen atoms in total. The van der Waals surface area contributed by atoms with Crippen LogP contribution in [-0.2, 0) is 5.41 Å². The van der Waals surface area contributed by atoms with Gasteiger partial charge in [-0.1, -0.05) is 140 Å². The van der Waals surface area contributed by atoms with Crippen LogP contribution in [0.25, 0.3) is 72.6 Å². The standard InChI is InChI=1S/C47H29N3/c1-8-18-42-31(11-1)25-27-43(48-42)45-46(50-28-10-9-19-44(50)49-45)32-22-20-30(21-23-32)33-24-26-37-36-14-4-7-17-40(36)47(41(37)29-33)38-15-5-2-12-34(38)35-13-3-6-16-39(35)47/h1-29H. The summed E-state index contributed by atoms with van der Waals surface area (Å²) in [6, 6.07) is 61.6. The number of aromatic nitrogens is 3. The highest BCUT2D eigenvalue weighted by Gasteiger charge is 2.51. The Labute approximate surface area is 289 Å². The van der Waals surface area contributed by atoms with Crippen molar-refractivity contribution in [2.24, 2.45) is 0 Å². The molecule has 2 aliphatic rings. The molecule has 0 amide bonds. The summed E-state index contributed by atoms with van der Waals surface area (Å²) in [5.41, 5.74) is 18.5. The minimum atomic E-state index is -0.354. The molecular formula is C47H29N3. The van der Waals surface area contributed by atoms with E-state index in [1.165, 1.54) is 55.6 Å². The van der Waals surface area contributed by atoms with Gasteiger partial charge in [0.25, 0.3) is 0 Å². The number of hydrogen-bond acceptors (Lipinski definition) is 2. The second kappa shape index (κ2) is 10.2. The number of nitrogens with zero attached hydrogens (tertiary/aromatic N) is 3. The van der Waals surface area contributed by atoms with Gasteiger partial charge in [-0.05, 0) is 86.0 Å². The first kappa shape index (κ1) is 27.4. The Kier molecular flexibility index (Phi) is 5.59. The summed E-state index contributed by atoms with van der Waals surface area (Å²) in [5, 5.41) is 1.12. The summed E-state index contributed by atoms with van der Waals surface area (Å²) < 4.78 is 2.17. The molecule has 9 aromatic rings. The van der Waals surface area contributed by atoms with Crippen molar-refractivity contribution in [2.45, 2.75) is 5.41 Å². The van der Waals surface area contributed by atoms with Crippen LogP contribution in [-0.4, -0.2) is 14.4 Å². The molecular weight excluding hydrogens is 607 g/mol. The molecule has 0 saturated carbocycles. The number of benzene rings is 6. The topological polar surface area (TPSA) is 30.2 Å². The summed E-state index contributed by atoms with van der Waals surface area (Å²) in [5.74, 6) is 0. The number of imidazole rings is 1. The van der Waals surface area contributed by atoms with Crippen molar-refractivity contribution in [3.05, 3.63) is 198 Å². The van der Waals surface area contributed by atoms with Crippen molar-refractivity contribution in [1.82, 2.24) is 14.4 Å². The minimum absolute atomic E-state index is 0.354. The fourth-order valence-electron chi connectivity index (χ4n) is 8.74. The average molecular weight is 636 g/mol. The lowest BCUT2D eigenvalue weighted by atomic mass is 9.70. The second-order valence-corrected chi connectivity index (χ2v) is 13.4. The molecule has 11 rings (SSSR count). The predicted octanol–water partition coefficient (Wildman–Crippen LogP) is 11.2. The van der Waals surface area contributed by atoms with E-state index >= 15 is 0 Å². The highest BCUT2D eigenvalue weighted by Crippen LogP contribution is 2.63. The lowest BCUT2D eigenvalue weighted by Crippen LogP contribution is -2.25. The molecule has 0 radical (unpaired) electrons. The molecule has 0 N–H and O–H groups in total. The molecule has 232 valence electrons. The van der Waals surface area contributed by atoms with Gasteiger partial charge in [-0.15, -0.1) is 0 Å². The summed E-state index contributed by atoms with van der Waals surface area (Å²) >= 11 is 0. The van der Waals surface area contributed by atoms with E-state index in [4.69, 9.17) is 9.97 Å². The highest BCUT2D eigenvalue weighted by atomic mass is 15.0. The zero-order valence-electron chi connectivity index (χ0n) is 27.1. The van der Waals surface area contributed by atoms with Crippen molar-refractivity contribution in [2.75, 3.05) is 0 Å². The third kappa shape index (κ3) is 3.64. The minimum Gasteiger partial charge on any atom is -0.299 e. The maximum atomic E-state index is 5.08. The zero-order valence-corrected chi connectivity index (χ0v) is 27.1. The van der Waals surface area contributed by atoms with E-state index in [0.29, 0.717) is 0 Å². The van der Waals surface area contributed by atoms with E-state index in [-0.39, 0.29) is 5.41 Å². The normalized spacial score (nSPS) is 13.4. The first-order valence-corrected chi connectivity index (χ1v) is 17.2. The maximum Gasteiger partial charge on any atom is 0.138 e. The van der Waals surface area contributed by atoms with Crippen LogP contribution < -0.4 is 0 Å². The average Bonchev–Trinajstić information content (AvgIpc) is 3.82. The SMILES string of the molecule is c1ccc2c(c1)-c1ccccc1C21c2ccccc2-c2ccc(-c3ccc(-c4c(-c5ccc6ccccc6n5)nc5ccccn45)cc3)cc21. The van der Waals surface area contributed by atoms with Crippen molar-refractivity contribution in [3.8, 4) is 56.0 Å². The Balaban J connectivity index is 1.07. The van der Waals surface area contributed by atoms with E-state index in [2.05, 4.69) is 162 Å². The van der Waals surface area contributed by atoms with Crippen molar-refractivity contribution < 1.29 is 0 Å². The van der Waals surface area contributed by atoms with Gasteiger partial charge in [0.2, 0.25) is 0 Å². The van der Waals surface area contributed by atoms with E-state index in [0.717, 1.165) is 39.2 Å². The second-order valence-electron chi connectivity index (χ2n) is 13.4. The fraction of sp³-hybridized carbons (Fsp3) is 0.0213. The number of para-hydroxylation sites is 1. The van der Waals surface area contributed by atoms with Crippen molar-refractivity contribution >= 4 is 16.6 Å². The molecule has 2 aliphatic carbocycles. The van der Waals surface area contributed by atoms with Crippen LogP contribution in [0.2, 0.25) is 0 Å². The quantitative estimate of drug-likeness (QED) is 0.193. The van der Waals surface area contributed by atoms with Crippen LogP contribution in [0, 0.1) is 0 Å². The number of pyridine rings is 2. The molecule has 1 spiro atoms. The van der Waals surface area contributed by atoms with Gasteiger partial charge in [-0.2, -0.15) is 0 Å². The number of fused-ring (bicyclic) bond motifs is 12. The molecule has 0 atom stereocenters. The van der Waals surface area contributed by atoms with Gasteiger partial charge in [-0.25, -0.2) is 9.97 Å². The lowest BCUT2D eigenvalue weighted by Gasteiger charge is -2.30. The van der Waals surface area contributed by atoms with Crippen LogP contribution in [0.4, 0.5) is 0 Å². The van der Waals surface area contributed by atoms with E-state index in [9.17, 15) is 0 Å². The largest absolute Gasteiger partial charge is 0.299 e. The Morgan fingerprint density at radius 3 is 1.72 bits per heavy atom. The van der Waals surface area contributed by atoms with Gasteiger partial charge < -0.3 is 0 Å². The van der Waals surface area contributed by atoms with Gasteiger partial charge in [0.15, 0.2) is 0 Å². The van der Waals surface area contributed by atoms with Gasteiger partial charge in [0, 0.05) is 17.1 Å². The molecule has 3 heteroatoms. The molecule has 3 aromatic heterocycles. The number of hydrogen-bond donors (Lipinski definition) is 0. The highest BCUT2D eigenvalue weighted by molar-refractivity contribution is 5.96. The molecule has 0 bridgehead atoms. The van der Waals surface area contributed by atoms with Gasteiger partial charge in [0.05, 0.1) is 22.3 Å². The third-order valence-corrected chi connectivity index (χ3v) is 10.9. The van der Waals surface area contributed by atoms with Crippen molar-refractivity contribution in [1.29, 1.82) is 0 Å². The van der Waals surface area contributed by atoms with Crippen LogP contribution in [0.5, 0.6) is 0 Å². The summed E-state index contributed by atoms with van der Waals surface area (Å²) in [7, 11) is 0. The van der Waals surface area contributed by atoms with Gasteiger partial charge >= 0.3 is 0 Å². The summed E-state index contributed by atoms with van der Waals surface area (Å²) in [6.45, 7) is 0. The molecule has 0 aliphatic heterocycles.